The smallest absolute Gasteiger partial charge is 0.396 e. The molecular formula is C31H37F6N3O4. The van der Waals surface area contributed by atoms with Crippen molar-refractivity contribution < 1.29 is 46.1 Å². The van der Waals surface area contributed by atoms with Crippen molar-refractivity contribution in [2.24, 2.45) is 5.41 Å². The molecule has 2 N–H and O–H groups in total. The van der Waals surface area contributed by atoms with Crippen LogP contribution in [0.25, 0.3) is 0 Å². The number of urea groups is 1. The number of fused-ring (bicyclic) bond motifs is 1. The summed E-state index contributed by atoms with van der Waals surface area (Å²) in [6.07, 6.45) is -9.53. The molecule has 0 bridgehead atoms. The van der Waals surface area contributed by atoms with Gasteiger partial charge in [0.25, 0.3) is 0 Å². The molecule has 13 heteroatoms. The molecule has 2 aliphatic rings. The molecule has 44 heavy (non-hydrogen) atoms. The first-order chi connectivity index (χ1) is 20.6. The molecule has 0 aromatic heterocycles. The molecule has 0 radical (unpaired) electrons. The lowest BCUT2D eigenvalue weighted by Gasteiger charge is -2.47. The Labute approximate surface area is 252 Å². The maximum absolute atomic E-state index is 14.2. The van der Waals surface area contributed by atoms with Crippen LogP contribution in [0.3, 0.4) is 0 Å². The SMILES string of the molecule is CCC(c1cc(C(F)(F)F)cc(C(F)(F)F)c1)N(C)C(=O)N1CCN2C(=O)C(CCO)(CCO)CC2C1c1ccccc1C. The van der Waals surface area contributed by atoms with Crippen LogP contribution in [0, 0.1) is 12.3 Å². The van der Waals surface area contributed by atoms with E-state index in [1.165, 1.54) is 16.8 Å². The molecule has 4 rings (SSSR count). The van der Waals surface area contributed by atoms with Gasteiger partial charge in [0.1, 0.15) is 0 Å². The highest BCUT2D eigenvalue weighted by Crippen LogP contribution is 2.49. The summed E-state index contributed by atoms with van der Waals surface area (Å²) >= 11 is 0. The highest BCUT2D eigenvalue weighted by molar-refractivity contribution is 5.86. The number of carbonyl (C=O) groups excluding carboxylic acids is 2. The number of aryl methyl sites for hydroxylation is 1. The number of nitrogens with zero attached hydrogens (tertiary/aromatic N) is 3. The minimum Gasteiger partial charge on any atom is -0.396 e. The predicted molar refractivity (Wildman–Crippen MR) is 149 cm³/mol. The number of alkyl halides is 6. The highest BCUT2D eigenvalue weighted by Gasteiger charge is 2.56. The number of piperazine rings is 1. The predicted octanol–water partition coefficient (Wildman–Crippen LogP) is 5.94. The highest BCUT2D eigenvalue weighted by atomic mass is 19.4. The number of rotatable bonds is 8. The summed E-state index contributed by atoms with van der Waals surface area (Å²) in [5.74, 6) is -0.222. The van der Waals surface area contributed by atoms with Crippen LogP contribution in [-0.4, -0.2) is 76.2 Å². The van der Waals surface area contributed by atoms with Crippen molar-refractivity contribution in [3.05, 3.63) is 70.3 Å². The van der Waals surface area contributed by atoms with Crippen molar-refractivity contribution >= 4 is 11.9 Å². The largest absolute Gasteiger partial charge is 0.416 e. The molecule has 2 saturated heterocycles. The number of halogens is 6. The third-order valence-electron chi connectivity index (χ3n) is 9.08. The number of carbonyl (C=O) groups is 2. The van der Waals surface area contributed by atoms with E-state index in [-0.39, 0.29) is 69.5 Å². The van der Waals surface area contributed by atoms with Gasteiger partial charge in [-0.1, -0.05) is 31.2 Å². The lowest BCUT2D eigenvalue weighted by atomic mass is 9.77. The van der Waals surface area contributed by atoms with Crippen LogP contribution in [0.1, 0.15) is 72.5 Å². The molecule has 3 unspecified atom stereocenters. The molecular weight excluding hydrogens is 592 g/mol. The fraction of sp³-hybridized carbons (Fsp3) is 0.548. The van der Waals surface area contributed by atoms with E-state index < -0.39 is 53.1 Å². The Morgan fingerprint density at radius 2 is 1.57 bits per heavy atom. The molecule has 2 aliphatic heterocycles. The van der Waals surface area contributed by atoms with E-state index >= 15 is 0 Å². The first-order valence-corrected chi connectivity index (χ1v) is 14.5. The molecule has 0 aliphatic carbocycles. The molecule has 242 valence electrons. The summed E-state index contributed by atoms with van der Waals surface area (Å²) in [7, 11) is 1.35. The number of hydrogen-bond donors (Lipinski definition) is 2. The van der Waals surface area contributed by atoms with Crippen molar-refractivity contribution in [1.29, 1.82) is 0 Å². The third kappa shape index (κ3) is 6.26. The van der Waals surface area contributed by atoms with Gasteiger partial charge in [-0.2, -0.15) is 26.3 Å². The van der Waals surface area contributed by atoms with E-state index in [0.29, 0.717) is 12.1 Å². The molecule has 3 atom stereocenters. The standard InChI is InChI=1S/C31H37F6N3O4/c1-4-24(20-15-21(30(32,33)34)17-22(16-20)31(35,36)37)38(3)28(44)40-12-11-39-25(26(40)23-8-6-5-7-19(23)2)18-29(9-13-41,10-14-42)27(39)43/h5-8,15-17,24-26,41-42H,4,9-14,18H2,1-3H3. The Bertz CT molecular complexity index is 1330. The Hall–Kier alpha value is -3.32. The van der Waals surface area contributed by atoms with E-state index in [2.05, 4.69) is 0 Å². The second-order valence-corrected chi connectivity index (χ2v) is 11.6. The maximum atomic E-state index is 14.2. The Balaban J connectivity index is 1.77. The summed E-state index contributed by atoms with van der Waals surface area (Å²) in [6.45, 7) is 3.08. The van der Waals surface area contributed by atoms with Crippen LogP contribution in [0.15, 0.2) is 42.5 Å². The lowest BCUT2D eigenvalue weighted by molar-refractivity contribution is -0.143. The lowest BCUT2D eigenvalue weighted by Crippen LogP contribution is -2.57. The third-order valence-corrected chi connectivity index (χ3v) is 9.08. The number of aliphatic hydroxyl groups is 2. The van der Waals surface area contributed by atoms with Crippen LogP contribution in [-0.2, 0) is 17.1 Å². The van der Waals surface area contributed by atoms with Gasteiger partial charge in [-0.3, -0.25) is 4.79 Å². The van der Waals surface area contributed by atoms with Gasteiger partial charge in [0.05, 0.1) is 34.7 Å². The van der Waals surface area contributed by atoms with Gasteiger partial charge in [-0.05, 0) is 67.5 Å². The maximum Gasteiger partial charge on any atom is 0.416 e. The average Bonchev–Trinajstić information content (AvgIpc) is 3.23. The van der Waals surface area contributed by atoms with Gasteiger partial charge in [-0.25, -0.2) is 4.79 Å². The van der Waals surface area contributed by atoms with Gasteiger partial charge in [0.2, 0.25) is 5.91 Å². The summed E-state index contributed by atoms with van der Waals surface area (Å²) in [6, 6.07) is 5.70. The van der Waals surface area contributed by atoms with E-state index in [0.717, 1.165) is 11.1 Å². The summed E-state index contributed by atoms with van der Waals surface area (Å²) < 4.78 is 81.8. The molecule has 0 saturated carbocycles. The second kappa shape index (κ2) is 12.6. The van der Waals surface area contributed by atoms with E-state index in [9.17, 15) is 46.1 Å². The average molecular weight is 630 g/mol. The quantitative estimate of drug-likeness (QED) is 0.354. The second-order valence-electron chi connectivity index (χ2n) is 11.6. The molecule has 2 heterocycles. The number of hydrogen-bond acceptors (Lipinski definition) is 4. The topological polar surface area (TPSA) is 84.3 Å². The fourth-order valence-electron chi connectivity index (χ4n) is 6.88. The van der Waals surface area contributed by atoms with E-state index in [1.807, 2.05) is 25.1 Å². The molecule has 2 aromatic carbocycles. The molecule has 2 fully saturated rings. The minimum absolute atomic E-state index is 0.0356. The van der Waals surface area contributed by atoms with Crippen LogP contribution < -0.4 is 0 Å². The minimum atomic E-state index is -5.03. The molecule has 0 spiro atoms. The Morgan fingerprint density at radius 1 is 1.00 bits per heavy atom. The van der Waals surface area contributed by atoms with Gasteiger partial charge in [0.15, 0.2) is 0 Å². The zero-order valence-corrected chi connectivity index (χ0v) is 24.8. The summed E-state index contributed by atoms with van der Waals surface area (Å²) in [5, 5.41) is 19.6. The molecule has 3 amide bonds. The summed E-state index contributed by atoms with van der Waals surface area (Å²) in [5.41, 5.74) is -2.67. The van der Waals surface area contributed by atoms with Crippen LogP contribution in [0.5, 0.6) is 0 Å². The van der Waals surface area contributed by atoms with Crippen LogP contribution in [0.4, 0.5) is 31.1 Å². The van der Waals surface area contributed by atoms with Gasteiger partial charge in [-0.15, -0.1) is 0 Å². The van der Waals surface area contributed by atoms with Gasteiger partial charge in [0, 0.05) is 33.4 Å². The summed E-state index contributed by atoms with van der Waals surface area (Å²) in [4.78, 5) is 32.3. The van der Waals surface area contributed by atoms with Crippen LogP contribution in [0.2, 0.25) is 0 Å². The Morgan fingerprint density at radius 3 is 2.07 bits per heavy atom. The Kier molecular flexibility index (Phi) is 9.60. The van der Waals surface area contributed by atoms with Gasteiger partial charge >= 0.3 is 18.4 Å². The zero-order chi connectivity index (χ0) is 32.6. The van der Waals surface area contributed by atoms with Gasteiger partial charge < -0.3 is 24.9 Å². The number of amides is 3. The number of aliphatic hydroxyl groups excluding tert-OH is 2. The van der Waals surface area contributed by atoms with Crippen molar-refractivity contribution in [1.82, 2.24) is 14.7 Å². The van der Waals surface area contributed by atoms with Crippen molar-refractivity contribution in [3.8, 4) is 0 Å². The van der Waals surface area contributed by atoms with E-state index in [4.69, 9.17) is 0 Å². The zero-order valence-electron chi connectivity index (χ0n) is 24.8. The normalized spacial score (nSPS) is 20.9. The fourth-order valence-corrected chi connectivity index (χ4v) is 6.88. The first-order valence-electron chi connectivity index (χ1n) is 14.5. The number of benzene rings is 2. The van der Waals surface area contributed by atoms with E-state index in [1.54, 1.807) is 17.9 Å². The van der Waals surface area contributed by atoms with Crippen LogP contribution >= 0.6 is 0 Å². The monoisotopic (exact) mass is 629 g/mol. The van der Waals surface area contributed by atoms with Crippen molar-refractivity contribution in [2.75, 3.05) is 33.4 Å². The molecule has 7 nitrogen and oxygen atoms in total. The van der Waals surface area contributed by atoms with Crippen molar-refractivity contribution in [3.63, 3.8) is 0 Å². The van der Waals surface area contributed by atoms with Crippen molar-refractivity contribution in [2.45, 2.75) is 70.0 Å². The first kappa shape index (κ1) is 33.6. The molecule has 2 aromatic rings.